The van der Waals surface area contributed by atoms with Crippen LogP contribution in [0.5, 0.6) is 0 Å². The lowest BCUT2D eigenvalue weighted by molar-refractivity contribution is 0.172. The van der Waals surface area contributed by atoms with E-state index >= 15 is 0 Å². The van der Waals surface area contributed by atoms with Crippen LogP contribution in [0.15, 0.2) is 0 Å². The van der Waals surface area contributed by atoms with Gasteiger partial charge in [0.1, 0.15) is 7.28 Å². The first kappa shape index (κ1) is 20.2. The molecule has 3 radical (unpaired) electrons. The van der Waals surface area contributed by atoms with Crippen LogP contribution in [0.3, 0.4) is 0 Å². The summed E-state index contributed by atoms with van der Waals surface area (Å²) in [5.74, 6) is 0.770. The van der Waals surface area contributed by atoms with Gasteiger partial charge in [0.05, 0.1) is 7.85 Å². The van der Waals surface area contributed by atoms with Gasteiger partial charge in [0.25, 0.3) is 0 Å². The summed E-state index contributed by atoms with van der Waals surface area (Å²) in [5.41, 5.74) is 0.503. The number of hydrogen-bond acceptors (Lipinski definition) is 0. The summed E-state index contributed by atoms with van der Waals surface area (Å²) in [6.45, 7) is 18.9. The molecule has 0 aromatic carbocycles. The molecule has 0 bridgehead atoms. The highest BCUT2D eigenvalue weighted by Crippen LogP contribution is 2.59. The van der Waals surface area contributed by atoms with Crippen LogP contribution >= 0.6 is 0 Å². The first-order valence-corrected chi connectivity index (χ1v) is 9.47. The van der Waals surface area contributed by atoms with Crippen molar-refractivity contribution in [1.29, 1.82) is 0 Å². The SMILES string of the molecule is [B]C1(C(C)(C)[B]C(C)(C)C)CCCCC(C)(C(C)C)CCC1. The van der Waals surface area contributed by atoms with E-state index < -0.39 is 0 Å². The fourth-order valence-corrected chi connectivity index (χ4v) is 4.47. The van der Waals surface area contributed by atoms with Gasteiger partial charge in [0.15, 0.2) is 0 Å². The lowest BCUT2D eigenvalue weighted by atomic mass is 9.30. The van der Waals surface area contributed by atoms with Crippen molar-refractivity contribution >= 4 is 15.1 Å². The minimum atomic E-state index is -0.0531. The Morgan fingerprint density at radius 3 is 1.82 bits per heavy atom. The second kappa shape index (κ2) is 6.94. The molecule has 0 aliphatic heterocycles. The fourth-order valence-electron chi connectivity index (χ4n) is 4.47. The summed E-state index contributed by atoms with van der Waals surface area (Å²) < 4.78 is 0. The third-order valence-electron chi connectivity index (χ3n) is 6.46. The van der Waals surface area contributed by atoms with E-state index in [1.165, 1.54) is 38.5 Å². The van der Waals surface area contributed by atoms with E-state index in [1.807, 2.05) is 0 Å². The van der Waals surface area contributed by atoms with Crippen molar-refractivity contribution < 1.29 is 0 Å². The van der Waals surface area contributed by atoms with E-state index in [9.17, 15) is 0 Å². The van der Waals surface area contributed by atoms with Crippen molar-refractivity contribution in [2.24, 2.45) is 11.3 Å². The largest absolute Gasteiger partial charge is 0.124 e. The third-order valence-corrected chi connectivity index (χ3v) is 6.46. The van der Waals surface area contributed by atoms with E-state index in [-0.39, 0.29) is 15.9 Å². The van der Waals surface area contributed by atoms with E-state index in [1.54, 1.807) is 0 Å². The van der Waals surface area contributed by atoms with Crippen LogP contribution in [-0.2, 0) is 0 Å². The molecule has 1 saturated carbocycles. The van der Waals surface area contributed by atoms with Gasteiger partial charge in [-0.3, -0.25) is 0 Å². The molecule has 0 spiro atoms. The van der Waals surface area contributed by atoms with Gasteiger partial charge in [-0.25, -0.2) is 0 Å². The summed E-state index contributed by atoms with van der Waals surface area (Å²) in [5, 5.41) is 0.257. The molecular formula is C20H39B2. The maximum atomic E-state index is 7.02. The molecule has 2 heteroatoms. The highest BCUT2D eigenvalue weighted by molar-refractivity contribution is 6.46. The van der Waals surface area contributed by atoms with E-state index in [4.69, 9.17) is 7.85 Å². The topological polar surface area (TPSA) is 0 Å². The van der Waals surface area contributed by atoms with Crippen LogP contribution in [-0.4, -0.2) is 15.1 Å². The van der Waals surface area contributed by atoms with Gasteiger partial charge in [0.2, 0.25) is 0 Å². The second-order valence-corrected chi connectivity index (χ2v) is 10.3. The fraction of sp³-hybridized carbons (Fsp3) is 1.00. The van der Waals surface area contributed by atoms with Crippen LogP contribution in [0.1, 0.15) is 100 Å². The zero-order valence-electron chi connectivity index (χ0n) is 16.7. The Kier molecular flexibility index (Phi) is 6.36. The molecule has 22 heavy (non-hydrogen) atoms. The zero-order chi connectivity index (χ0) is 17.2. The molecule has 0 amide bonds. The van der Waals surface area contributed by atoms with E-state index in [2.05, 4.69) is 62.7 Å². The van der Waals surface area contributed by atoms with Gasteiger partial charge < -0.3 is 0 Å². The Morgan fingerprint density at radius 2 is 1.32 bits per heavy atom. The maximum Gasteiger partial charge on any atom is 0.124 e. The Morgan fingerprint density at radius 1 is 0.864 bits per heavy atom. The predicted octanol–water partition coefficient (Wildman–Crippen LogP) is 6.84. The average molecular weight is 301 g/mol. The molecule has 2 atom stereocenters. The van der Waals surface area contributed by atoms with Crippen LogP contribution in [0, 0.1) is 11.3 Å². The van der Waals surface area contributed by atoms with Crippen molar-refractivity contribution in [3.63, 3.8) is 0 Å². The Labute approximate surface area is 143 Å². The predicted molar refractivity (Wildman–Crippen MR) is 103 cm³/mol. The van der Waals surface area contributed by atoms with Crippen LogP contribution in [0.25, 0.3) is 0 Å². The molecule has 0 aromatic rings. The van der Waals surface area contributed by atoms with Gasteiger partial charge >= 0.3 is 0 Å². The van der Waals surface area contributed by atoms with Gasteiger partial charge in [-0.1, -0.05) is 103 Å². The molecule has 1 aliphatic rings. The first-order valence-electron chi connectivity index (χ1n) is 9.47. The van der Waals surface area contributed by atoms with Crippen LogP contribution < -0.4 is 0 Å². The number of hydrogen-bond donors (Lipinski definition) is 0. The minimum Gasteiger partial charge on any atom is -0.0680 e. The maximum absolute atomic E-state index is 7.02. The van der Waals surface area contributed by atoms with Gasteiger partial charge in [0, 0.05) is 0 Å². The number of rotatable bonds is 3. The average Bonchev–Trinajstić information content (AvgIpc) is 2.38. The quantitative estimate of drug-likeness (QED) is 0.500. The lowest BCUT2D eigenvalue weighted by Gasteiger charge is -2.48. The molecule has 1 aliphatic carbocycles. The highest BCUT2D eigenvalue weighted by Gasteiger charge is 2.43. The zero-order valence-corrected chi connectivity index (χ0v) is 16.7. The molecular weight excluding hydrogens is 262 g/mol. The normalized spacial score (nSPS) is 32.2. The van der Waals surface area contributed by atoms with Crippen LogP contribution in [0.2, 0.25) is 15.9 Å². The minimum absolute atomic E-state index is 0.0531. The van der Waals surface area contributed by atoms with Crippen molar-refractivity contribution in [2.45, 2.75) is 116 Å². The van der Waals surface area contributed by atoms with Gasteiger partial charge in [-0.05, 0) is 24.2 Å². The van der Waals surface area contributed by atoms with Gasteiger partial charge in [-0.15, -0.1) is 0 Å². The molecule has 0 nitrogen and oxygen atoms in total. The summed E-state index contributed by atoms with van der Waals surface area (Å²) >= 11 is 0. The first-order chi connectivity index (χ1) is 9.81. The van der Waals surface area contributed by atoms with Crippen molar-refractivity contribution in [2.75, 3.05) is 0 Å². The Hall–Kier alpha value is 0.130. The summed E-state index contributed by atoms with van der Waals surface area (Å²) in [7, 11) is 9.52. The molecule has 0 aromatic heterocycles. The molecule has 2 unspecified atom stereocenters. The Bertz CT molecular complexity index is 353. The molecule has 0 N–H and O–H groups in total. The Balaban J connectivity index is 2.87. The van der Waals surface area contributed by atoms with Crippen molar-refractivity contribution in [1.82, 2.24) is 0 Å². The van der Waals surface area contributed by atoms with Crippen molar-refractivity contribution in [3.05, 3.63) is 0 Å². The highest BCUT2D eigenvalue weighted by atomic mass is 14.4. The third kappa shape index (κ3) is 5.07. The lowest BCUT2D eigenvalue weighted by Crippen LogP contribution is -2.35. The standard InChI is InChI=1S/C20H39B2/c1-16(2)19(8)12-9-10-14-20(21,15-11-13-19)18(6,7)22-17(3,4)5/h16H,9-15H2,1-8H3. The van der Waals surface area contributed by atoms with E-state index in [0.29, 0.717) is 5.41 Å². The molecule has 0 heterocycles. The monoisotopic (exact) mass is 301 g/mol. The summed E-state index contributed by atoms with van der Waals surface area (Å²) in [6.07, 6.45) is 8.90. The second-order valence-electron chi connectivity index (χ2n) is 10.3. The molecule has 125 valence electrons. The van der Waals surface area contributed by atoms with E-state index in [0.717, 1.165) is 12.3 Å². The van der Waals surface area contributed by atoms with Crippen LogP contribution in [0.4, 0.5) is 0 Å². The van der Waals surface area contributed by atoms with Gasteiger partial charge in [-0.2, -0.15) is 0 Å². The molecule has 1 fully saturated rings. The molecule has 1 rings (SSSR count). The summed E-state index contributed by atoms with van der Waals surface area (Å²) in [6, 6.07) is 0. The van der Waals surface area contributed by atoms with Crippen molar-refractivity contribution in [3.8, 4) is 0 Å². The summed E-state index contributed by atoms with van der Waals surface area (Å²) in [4.78, 5) is 0. The molecule has 0 saturated heterocycles. The smallest absolute Gasteiger partial charge is 0.0680 e.